The minimum absolute atomic E-state index is 0.0196. The summed E-state index contributed by atoms with van der Waals surface area (Å²) < 4.78 is 31.1. The van der Waals surface area contributed by atoms with E-state index in [4.69, 9.17) is 4.74 Å². The van der Waals surface area contributed by atoms with Gasteiger partial charge in [-0.15, -0.1) is 0 Å². The predicted molar refractivity (Wildman–Crippen MR) is 89.4 cm³/mol. The second-order valence-corrected chi connectivity index (χ2v) is 8.24. The molecule has 1 fully saturated rings. The molecule has 0 unspecified atom stereocenters. The van der Waals surface area contributed by atoms with Crippen molar-refractivity contribution in [2.45, 2.75) is 41.6 Å². The summed E-state index contributed by atoms with van der Waals surface area (Å²) in [6.45, 7) is 0. The number of ketones is 1. The third-order valence-electron chi connectivity index (χ3n) is 4.75. The maximum atomic E-state index is 12.9. The molecule has 5 nitrogen and oxygen atoms in total. The Morgan fingerprint density at radius 1 is 0.960 bits per heavy atom. The topological polar surface area (TPSA) is 77.5 Å². The number of ether oxygens (including phenoxy) is 1. The van der Waals surface area contributed by atoms with Crippen molar-refractivity contribution < 1.29 is 22.7 Å². The molecule has 0 amide bonds. The van der Waals surface area contributed by atoms with Crippen molar-refractivity contribution in [1.82, 2.24) is 0 Å². The first-order chi connectivity index (χ1) is 12.0. The van der Waals surface area contributed by atoms with Gasteiger partial charge in [0.25, 0.3) is 0 Å². The number of hydrogen-bond donors (Lipinski definition) is 0. The van der Waals surface area contributed by atoms with Crippen LogP contribution in [-0.2, 0) is 14.6 Å². The van der Waals surface area contributed by atoms with Crippen molar-refractivity contribution in [3.63, 3.8) is 0 Å². The zero-order chi connectivity index (χ0) is 17.6. The molecule has 0 bridgehead atoms. The molecule has 0 atom stereocenters. The molecule has 0 spiro atoms. The van der Waals surface area contributed by atoms with E-state index in [0.29, 0.717) is 0 Å². The van der Waals surface area contributed by atoms with Crippen LogP contribution in [0.15, 0.2) is 52.3 Å². The summed E-state index contributed by atoms with van der Waals surface area (Å²) in [6.07, 6.45) is 3.62. The summed E-state index contributed by atoms with van der Waals surface area (Å²) in [5, 5.41) is 0. The average molecular weight is 356 g/mol. The van der Waals surface area contributed by atoms with Crippen LogP contribution >= 0.6 is 0 Å². The Balaban J connectivity index is 1.76. The standard InChI is InChI=1S/C19H16O5S/c20-18-14-7-3-4-8-16(14)25(22,23)17-11-12(9-10-15(17)18)19(21)24-13-5-1-2-6-13/h3-4,7-11,13H,1-2,5-6H2. The molecule has 2 aliphatic rings. The Hall–Kier alpha value is -2.47. The van der Waals surface area contributed by atoms with Gasteiger partial charge in [0, 0.05) is 11.1 Å². The van der Waals surface area contributed by atoms with E-state index in [0.717, 1.165) is 25.7 Å². The van der Waals surface area contributed by atoms with Crippen LogP contribution in [0.4, 0.5) is 0 Å². The Bertz CT molecular complexity index is 985. The van der Waals surface area contributed by atoms with Gasteiger partial charge in [-0.3, -0.25) is 4.79 Å². The smallest absolute Gasteiger partial charge is 0.338 e. The highest BCUT2D eigenvalue weighted by Crippen LogP contribution is 2.35. The fourth-order valence-electron chi connectivity index (χ4n) is 3.44. The first kappa shape index (κ1) is 16.0. The van der Waals surface area contributed by atoms with Crippen LogP contribution in [0.25, 0.3) is 0 Å². The second kappa shape index (κ2) is 5.81. The quantitative estimate of drug-likeness (QED) is 0.659. The number of fused-ring (bicyclic) bond motifs is 2. The maximum absolute atomic E-state index is 12.9. The van der Waals surface area contributed by atoms with Gasteiger partial charge in [-0.1, -0.05) is 12.1 Å². The van der Waals surface area contributed by atoms with Crippen LogP contribution < -0.4 is 0 Å². The van der Waals surface area contributed by atoms with Crippen LogP contribution in [0.3, 0.4) is 0 Å². The van der Waals surface area contributed by atoms with Gasteiger partial charge in [0.15, 0.2) is 5.78 Å². The molecule has 0 N–H and O–H groups in total. The molecular formula is C19H16O5S. The molecule has 4 rings (SSSR count). The number of carbonyl (C=O) groups is 2. The first-order valence-corrected chi connectivity index (χ1v) is 9.70. The third-order valence-corrected chi connectivity index (χ3v) is 6.60. The molecule has 0 radical (unpaired) electrons. The second-order valence-electron chi connectivity index (χ2n) is 6.35. The van der Waals surface area contributed by atoms with E-state index in [2.05, 4.69) is 0 Å². The molecule has 6 heteroatoms. The van der Waals surface area contributed by atoms with Crippen molar-refractivity contribution in [3.05, 3.63) is 59.2 Å². The van der Waals surface area contributed by atoms with E-state index in [1.165, 1.54) is 30.3 Å². The molecule has 25 heavy (non-hydrogen) atoms. The SMILES string of the molecule is O=C(OC1CCCC1)c1ccc2c(c1)S(=O)(=O)c1ccccc1C2=O. The molecule has 1 aliphatic carbocycles. The van der Waals surface area contributed by atoms with Crippen molar-refractivity contribution in [2.24, 2.45) is 0 Å². The van der Waals surface area contributed by atoms with Gasteiger partial charge in [-0.2, -0.15) is 0 Å². The molecule has 0 saturated heterocycles. The van der Waals surface area contributed by atoms with Gasteiger partial charge in [0.05, 0.1) is 15.4 Å². The van der Waals surface area contributed by atoms with Gasteiger partial charge in [-0.05, 0) is 56.0 Å². The lowest BCUT2D eigenvalue weighted by molar-refractivity contribution is 0.0317. The number of hydrogen-bond acceptors (Lipinski definition) is 5. The highest BCUT2D eigenvalue weighted by atomic mass is 32.2. The van der Waals surface area contributed by atoms with Gasteiger partial charge >= 0.3 is 5.97 Å². The Morgan fingerprint density at radius 3 is 2.40 bits per heavy atom. The van der Waals surface area contributed by atoms with Gasteiger partial charge in [0.1, 0.15) is 6.10 Å². The predicted octanol–water partition coefficient (Wildman–Crippen LogP) is 3.16. The van der Waals surface area contributed by atoms with Gasteiger partial charge in [0.2, 0.25) is 9.84 Å². The lowest BCUT2D eigenvalue weighted by Gasteiger charge is -2.19. The summed E-state index contributed by atoms with van der Waals surface area (Å²) in [6, 6.07) is 10.2. The van der Waals surface area contributed by atoms with E-state index in [-0.39, 0.29) is 38.4 Å². The largest absolute Gasteiger partial charge is 0.459 e. The Labute approximate surface area is 145 Å². The number of rotatable bonds is 2. The number of benzene rings is 2. The summed E-state index contributed by atoms with van der Waals surface area (Å²) >= 11 is 0. The molecule has 2 aromatic rings. The minimum Gasteiger partial charge on any atom is -0.459 e. The molecule has 128 valence electrons. The lowest BCUT2D eigenvalue weighted by atomic mass is 10.0. The Kier molecular flexibility index (Phi) is 3.72. The molecular weight excluding hydrogens is 340 g/mol. The maximum Gasteiger partial charge on any atom is 0.338 e. The van der Waals surface area contributed by atoms with E-state index >= 15 is 0 Å². The zero-order valence-electron chi connectivity index (χ0n) is 13.4. The van der Waals surface area contributed by atoms with Crippen molar-refractivity contribution in [2.75, 3.05) is 0 Å². The highest BCUT2D eigenvalue weighted by Gasteiger charge is 2.35. The molecule has 0 aromatic heterocycles. The number of esters is 1. The van der Waals surface area contributed by atoms with E-state index < -0.39 is 15.8 Å². The normalized spacial score (nSPS) is 18.5. The van der Waals surface area contributed by atoms with Crippen LogP contribution in [0.2, 0.25) is 0 Å². The van der Waals surface area contributed by atoms with Crippen molar-refractivity contribution in [1.29, 1.82) is 0 Å². The van der Waals surface area contributed by atoms with Crippen LogP contribution in [0.1, 0.15) is 52.0 Å². The van der Waals surface area contributed by atoms with Crippen molar-refractivity contribution >= 4 is 21.6 Å². The van der Waals surface area contributed by atoms with Crippen LogP contribution in [0.5, 0.6) is 0 Å². The Morgan fingerprint density at radius 2 is 1.64 bits per heavy atom. The molecule has 1 aliphatic heterocycles. The summed E-state index contributed by atoms with van der Waals surface area (Å²) in [5.74, 6) is -0.896. The van der Waals surface area contributed by atoms with Crippen molar-refractivity contribution in [3.8, 4) is 0 Å². The minimum atomic E-state index is -3.85. The van der Waals surface area contributed by atoms with E-state index in [9.17, 15) is 18.0 Å². The summed E-state index contributed by atoms with van der Waals surface area (Å²) in [5.41, 5.74) is 0.411. The molecule has 1 heterocycles. The summed E-state index contributed by atoms with van der Waals surface area (Å²) in [4.78, 5) is 24.8. The van der Waals surface area contributed by atoms with E-state index in [1.54, 1.807) is 12.1 Å². The van der Waals surface area contributed by atoms with Gasteiger partial charge < -0.3 is 4.74 Å². The third kappa shape index (κ3) is 2.57. The highest BCUT2D eigenvalue weighted by molar-refractivity contribution is 7.91. The first-order valence-electron chi connectivity index (χ1n) is 8.22. The van der Waals surface area contributed by atoms with Gasteiger partial charge in [-0.25, -0.2) is 13.2 Å². The molecule has 2 aromatic carbocycles. The van der Waals surface area contributed by atoms with Crippen LogP contribution in [-0.4, -0.2) is 26.3 Å². The van der Waals surface area contributed by atoms with Crippen LogP contribution in [0, 0.1) is 0 Å². The number of sulfone groups is 1. The lowest BCUT2D eigenvalue weighted by Crippen LogP contribution is -2.21. The fourth-order valence-corrected chi connectivity index (χ4v) is 5.11. The monoisotopic (exact) mass is 356 g/mol. The fraction of sp³-hybridized carbons (Fsp3) is 0.263. The molecule has 1 saturated carbocycles. The number of carbonyl (C=O) groups excluding carboxylic acids is 2. The summed E-state index contributed by atoms with van der Waals surface area (Å²) in [7, 11) is -3.85. The average Bonchev–Trinajstić information content (AvgIpc) is 3.12. The zero-order valence-corrected chi connectivity index (χ0v) is 14.2. The van der Waals surface area contributed by atoms with E-state index in [1.807, 2.05) is 0 Å².